The van der Waals surface area contributed by atoms with E-state index in [1.54, 1.807) is 29.1 Å². The minimum Gasteiger partial charge on any atom is -0.312 e. The fourth-order valence-corrected chi connectivity index (χ4v) is 2.91. The molecule has 0 atom stereocenters. The van der Waals surface area contributed by atoms with Crippen molar-refractivity contribution in [2.24, 2.45) is 0 Å². The summed E-state index contributed by atoms with van der Waals surface area (Å²) in [7, 11) is 0. The molecule has 0 aromatic carbocycles. The second kappa shape index (κ2) is 4.66. The van der Waals surface area contributed by atoms with Crippen molar-refractivity contribution in [2.45, 2.75) is 13.0 Å². The van der Waals surface area contributed by atoms with Crippen molar-refractivity contribution in [2.75, 3.05) is 6.54 Å². The van der Waals surface area contributed by atoms with E-state index in [0.29, 0.717) is 5.56 Å². The number of nitrogens with one attached hydrogen (secondary N) is 1. The van der Waals surface area contributed by atoms with E-state index in [9.17, 15) is 4.79 Å². The van der Waals surface area contributed by atoms with Crippen molar-refractivity contribution in [3.63, 3.8) is 0 Å². The number of rotatable bonds is 1. The average molecular weight is 306 g/mol. The molecule has 0 saturated carbocycles. The van der Waals surface area contributed by atoms with Gasteiger partial charge in [0.1, 0.15) is 0 Å². The Bertz CT molecular complexity index is 592. The Morgan fingerprint density at radius 2 is 2.17 bits per heavy atom. The Balaban J connectivity index is 2.07. The van der Waals surface area contributed by atoms with E-state index in [-0.39, 0.29) is 5.91 Å². The molecule has 0 amide bonds. The molecule has 1 N–H and O–H groups in total. The van der Waals surface area contributed by atoms with Crippen LogP contribution in [0.25, 0.3) is 0 Å². The maximum atomic E-state index is 12.5. The van der Waals surface area contributed by atoms with Crippen LogP contribution in [-0.4, -0.2) is 22.0 Å². The van der Waals surface area contributed by atoms with Gasteiger partial charge in [-0.25, -0.2) is 0 Å². The zero-order valence-electron chi connectivity index (χ0n) is 9.69. The van der Waals surface area contributed by atoms with Crippen LogP contribution in [-0.2, 0) is 13.0 Å². The van der Waals surface area contributed by atoms with Gasteiger partial charge in [-0.2, -0.15) is 0 Å². The Morgan fingerprint density at radius 1 is 1.39 bits per heavy atom. The summed E-state index contributed by atoms with van der Waals surface area (Å²) in [4.78, 5) is 16.4. The van der Waals surface area contributed by atoms with Gasteiger partial charge in [0.15, 0.2) is 0 Å². The van der Waals surface area contributed by atoms with Crippen molar-refractivity contribution in [1.82, 2.24) is 14.9 Å². The summed E-state index contributed by atoms with van der Waals surface area (Å²) in [5.41, 5.74) is 2.95. The summed E-state index contributed by atoms with van der Waals surface area (Å²) in [6.45, 7) is 1.73. The number of pyridine rings is 1. The summed E-state index contributed by atoms with van der Waals surface area (Å²) in [5.74, 6) is -0.00701. The van der Waals surface area contributed by atoms with Gasteiger partial charge in [-0.05, 0) is 39.7 Å². The lowest BCUT2D eigenvalue weighted by Gasteiger charge is -2.16. The Kier molecular flexibility index (Phi) is 3.01. The predicted octanol–water partition coefficient (Wildman–Crippen LogP) is 1.98. The van der Waals surface area contributed by atoms with Gasteiger partial charge in [0, 0.05) is 43.2 Å². The topological polar surface area (TPSA) is 46.9 Å². The number of hydrogen-bond acceptors (Lipinski definition) is 3. The van der Waals surface area contributed by atoms with Gasteiger partial charge >= 0.3 is 0 Å². The van der Waals surface area contributed by atoms with Gasteiger partial charge in [0.2, 0.25) is 0 Å². The fraction of sp³-hybridized carbons (Fsp3) is 0.231. The molecule has 0 radical (unpaired) electrons. The molecule has 2 aromatic rings. The first-order valence-corrected chi connectivity index (χ1v) is 6.61. The molecular formula is C13H12BrN3O. The zero-order valence-corrected chi connectivity index (χ0v) is 11.3. The molecule has 4 nitrogen and oxygen atoms in total. The van der Waals surface area contributed by atoms with E-state index in [0.717, 1.165) is 29.8 Å². The van der Waals surface area contributed by atoms with Crippen LogP contribution in [0.5, 0.6) is 0 Å². The van der Waals surface area contributed by atoms with Crippen LogP contribution in [0.2, 0.25) is 0 Å². The van der Waals surface area contributed by atoms with Gasteiger partial charge in [-0.3, -0.25) is 14.3 Å². The quantitative estimate of drug-likeness (QED) is 0.876. The molecule has 2 aromatic heterocycles. The minimum atomic E-state index is -0.00701. The third kappa shape index (κ3) is 1.89. The molecule has 0 fully saturated rings. The lowest BCUT2D eigenvalue weighted by Crippen LogP contribution is -2.26. The van der Waals surface area contributed by atoms with Crippen LogP contribution in [0.15, 0.2) is 35.2 Å². The monoisotopic (exact) mass is 305 g/mol. The summed E-state index contributed by atoms with van der Waals surface area (Å²) in [6, 6.07) is 5.49. The first-order chi connectivity index (χ1) is 8.77. The second-order valence-corrected chi connectivity index (χ2v) is 5.05. The van der Waals surface area contributed by atoms with Gasteiger partial charge in [-0.15, -0.1) is 0 Å². The summed E-state index contributed by atoms with van der Waals surface area (Å²) in [5, 5.41) is 3.30. The molecular weight excluding hydrogens is 294 g/mol. The lowest BCUT2D eigenvalue weighted by atomic mass is 10.1. The van der Waals surface area contributed by atoms with Crippen molar-refractivity contribution < 1.29 is 4.79 Å². The first-order valence-electron chi connectivity index (χ1n) is 5.82. The average Bonchev–Trinajstić information content (AvgIpc) is 2.75. The number of halogens is 1. The SMILES string of the molecule is O=C(c1ccncc1)n1c(Br)cc2c1CCNC2. The van der Waals surface area contributed by atoms with Crippen LogP contribution < -0.4 is 5.32 Å². The molecule has 3 heterocycles. The Hall–Kier alpha value is -1.46. The van der Waals surface area contributed by atoms with Crippen LogP contribution in [0.4, 0.5) is 0 Å². The fourth-order valence-electron chi connectivity index (χ4n) is 2.26. The van der Waals surface area contributed by atoms with E-state index in [2.05, 4.69) is 26.2 Å². The van der Waals surface area contributed by atoms with Gasteiger partial charge in [-0.1, -0.05) is 0 Å². The van der Waals surface area contributed by atoms with Crippen LogP contribution in [0, 0.1) is 0 Å². The molecule has 18 heavy (non-hydrogen) atoms. The van der Waals surface area contributed by atoms with Crippen molar-refractivity contribution in [3.8, 4) is 0 Å². The number of carbonyl (C=O) groups excluding carboxylic acids is 1. The molecule has 1 aliphatic rings. The van der Waals surface area contributed by atoms with Crippen LogP contribution >= 0.6 is 15.9 Å². The molecule has 0 unspecified atom stereocenters. The summed E-state index contributed by atoms with van der Waals surface area (Å²) in [6.07, 6.45) is 4.15. The zero-order chi connectivity index (χ0) is 12.5. The first kappa shape index (κ1) is 11.6. The van der Waals surface area contributed by atoms with Gasteiger partial charge in [0.05, 0.1) is 4.60 Å². The number of aromatic nitrogens is 2. The summed E-state index contributed by atoms with van der Waals surface area (Å²) >= 11 is 3.47. The summed E-state index contributed by atoms with van der Waals surface area (Å²) < 4.78 is 2.57. The molecule has 3 rings (SSSR count). The molecule has 0 bridgehead atoms. The highest BCUT2D eigenvalue weighted by Crippen LogP contribution is 2.24. The standard InChI is InChI=1S/C13H12BrN3O/c14-12-7-10-8-16-6-3-11(10)17(12)13(18)9-1-4-15-5-2-9/h1-2,4-5,7,16H,3,6,8H2. The van der Waals surface area contributed by atoms with Crippen LogP contribution in [0.1, 0.15) is 21.6 Å². The number of carbonyl (C=O) groups is 1. The largest absolute Gasteiger partial charge is 0.312 e. The third-order valence-electron chi connectivity index (χ3n) is 3.13. The minimum absolute atomic E-state index is 0.00701. The van der Waals surface area contributed by atoms with Gasteiger partial charge in [0.25, 0.3) is 5.91 Å². The molecule has 0 spiro atoms. The molecule has 1 aliphatic heterocycles. The Morgan fingerprint density at radius 3 is 2.94 bits per heavy atom. The molecule has 0 saturated heterocycles. The highest BCUT2D eigenvalue weighted by molar-refractivity contribution is 9.10. The molecule has 0 aliphatic carbocycles. The van der Waals surface area contributed by atoms with Crippen molar-refractivity contribution >= 4 is 21.8 Å². The predicted molar refractivity (Wildman–Crippen MR) is 71.5 cm³/mol. The van der Waals surface area contributed by atoms with E-state index in [4.69, 9.17) is 0 Å². The lowest BCUT2D eigenvalue weighted by molar-refractivity contribution is 0.0954. The van der Waals surface area contributed by atoms with Gasteiger partial charge < -0.3 is 5.32 Å². The highest BCUT2D eigenvalue weighted by atomic mass is 79.9. The van der Waals surface area contributed by atoms with E-state index < -0.39 is 0 Å². The molecule has 5 heteroatoms. The van der Waals surface area contributed by atoms with Crippen molar-refractivity contribution in [1.29, 1.82) is 0 Å². The maximum Gasteiger partial charge on any atom is 0.263 e. The maximum absolute atomic E-state index is 12.5. The van der Waals surface area contributed by atoms with E-state index in [1.165, 1.54) is 5.56 Å². The highest BCUT2D eigenvalue weighted by Gasteiger charge is 2.21. The number of fused-ring (bicyclic) bond motifs is 1. The normalized spacial score (nSPS) is 14.3. The van der Waals surface area contributed by atoms with Crippen LogP contribution in [0.3, 0.4) is 0 Å². The van der Waals surface area contributed by atoms with E-state index in [1.807, 2.05) is 6.07 Å². The second-order valence-electron chi connectivity index (χ2n) is 4.24. The number of nitrogens with zero attached hydrogens (tertiary/aromatic N) is 2. The number of hydrogen-bond donors (Lipinski definition) is 1. The van der Waals surface area contributed by atoms with E-state index >= 15 is 0 Å². The third-order valence-corrected chi connectivity index (χ3v) is 3.72. The smallest absolute Gasteiger partial charge is 0.263 e. The Labute approximate surface area is 113 Å². The molecule has 92 valence electrons. The van der Waals surface area contributed by atoms with Crippen molar-refractivity contribution in [3.05, 3.63) is 52.0 Å².